The first-order chi connectivity index (χ1) is 11.6. The summed E-state index contributed by atoms with van der Waals surface area (Å²) in [7, 11) is 0. The van der Waals surface area contributed by atoms with Gasteiger partial charge in [0.2, 0.25) is 11.8 Å². The number of primary amides is 1. The smallest absolute Gasteiger partial charge is 0.229 e. The molecule has 1 aliphatic heterocycles. The van der Waals surface area contributed by atoms with Crippen molar-refractivity contribution in [1.82, 2.24) is 4.90 Å². The summed E-state index contributed by atoms with van der Waals surface area (Å²) in [5, 5.41) is 0. The van der Waals surface area contributed by atoms with Crippen molar-refractivity contribution in [2.24, 2.45) is 28.9 Å². The van der Waals surface area contributed by atoms with Gasteiger partial charge in [0.15, 0.2) is 0 Å². The van der Waals surface area contributed by atoms with Gasteiger partial charge in [-0.05, 0) is 49.5 Å². The van der Waals surface area contributed by atoms with Crippen molar-refractivity contribution in [2.45, 2.75) is 38.5 Å². The number of amides is 2. The van der Waals surface area contributed by atoms with Crippen molar-refractivity contribution in [3.63, 3.8) is 0 Å². The minimum Gasteiger partial charge on any atom is -0.369 e. The second kappa shape index (κ2) is 5.91. The first-order valence-corrected chi connectivity index (χ1v) is 9.21. The Labute approximate surface area is 143 Å². The second-order valence-corrected chi connectivity index (χ2v) is 8.04. The fraction of sp³-hybridized carbons (Fsp3) is 0.600. The van der Waals surface area contributed by atoms with Crippen LogP contribution < -0.4 is 5.73 Å². The van der Waals surface area contributed by atoms with Crippen LogP contribution in [0.1, 0.15) is 37.7 Å². The van der Waals surface area contributed by atoms with E-state index in [0.29, 0.717) is 24.9 Å². The van der Waals surface area contributed by atoms with E-state index in [1.54, 1.807) is 0 Å². The zero-order valence-electron chi connectivity index (χ0n) is 14.1. The highest BCUT2D eigenvalue weighted by Crippen LogP contribution is 2.58. The topological polar surface area (TPSA) is 63.4 Å². The average molecular weight is 326 g/mol. The lowest BCUT2D eigenvalue weighted by Crippen LogP contribution is -2.47. The predicted octanol–water partition coefficient (Wildman–Crippen LogP) is 2.37. The first-order valence-electron chi connectivity index (χ1n) is 9.21. The number of carbonyl (C=O) groups is 2. The Kier molecular flexibility index (Phi) is 3.86. The maximum atomic E-state index is 13.5. The number of benzene rings is 1. The Morgan fingerprint density at radius 1 is 1.17 bits per heavy atom. The highest BCUT2D eigenvalue weighted by atomic mass is 16.2. The van der Waals surface area contributed by atoms with E-state index in [9.17, 15) is 9.59 Å². The van der Waals surface area contributed by atoms with Crippen LogP contribution >= 0.6 is 0 Å². The standard InChI is InChI=1S/C20H26N2O2/c21-18(23)16-8-9-22(13-16)19(24)20(11-14-4-2-1-3-5-14)12-15-6-7-17(20)10-15/h1-5,15-17H,6-13H2,(H2,21,23)/t15-,16-,17-,20-/m0/s1. The largest absolute Gasteiger partial charge is 0.369 e. The van der Waals surface area contributed by atoms with Crippen LogP contribution in [-0.2, 0) is 16.0 Å². The summed E-state index contributed by atoms with van der Waals surface area (Å²) in [6.45, 7) is 1.20. The van der Waals surface area contributed by atoms with Gasteiger partial charge >= 0.3 is 0 Å². The van der Waals surface area contributed by atoms with Crippen LogP contribution in [0.5, 0.6) is 0 Å². The van der Waals surface area contributed by atoms with Gasteiger partial charge in [0, 0.05) is 13.1 Å². The Bertz CT molecular complexity index is 644. The maximum Gasteiger partial charge on any atom is 0.229 e. The normalized spacial score (nSPS) is 34.7. The molecule has 0 unspecified atom stereocenters. The highest BCUT2D eigenvalue weighted by Gasteiger charge is 2.56. The molecule has 0 spiro atoms. The molecule has 4 heteroatoms. The van der Waals surface area contributed by atoms with Gasteiger partial charge in [-0.1, -0.05) is 36.8 Å². The number of likely N-dealkylation sites (tertiary alicyclic amines) is 1. The maximum absolute atomic E-state index is 13.5. The van der Waals surface area contributed by atoms with Crippen molar-refractivity contribution in [3.8, 4) is 0 Å². The van der Waals surface area contributed by atoms with Gasteiger partial charge in [-0.2, -0.15) is 0 Å². The number of nitrogens with zero attached hydrogens (tertiary/aromatic N) is 1. The Hall–Kier alpha value is -1.84. The summed E-state index contributed by atoms with van der Waals surface area (Å²) in [6.07, 6.45) is 6.23. The molecular formula is C20H26N2O2. The van der Waals surface area contributed by atoms with Gasteiger partial charge in [0.25, 0.3) is 0 Å². The minimum absolute atomic E-state index is 0.165. The summed E-state index contributed by atoms with van der Waals surface area (Å²) in [4.78, 5) is 26.9. The van der Waals surface area contributed by atoms with Crippen LogP contribution in [0, 0.1) is 23.2 Å². The van der Waals surface area contributed by atoms with E-state index in [-0.39, 0.29) is 23.1 Å². The van der Waals surface area contributed by atoms with Crippen molar-refractivity contribution < 1.29 is 9.59 Å². The van der Waals surface area contributed by atoms with Crippen molar-refractivity contribution >= 4 is 11.8 Å². The molecule has 2 aliphatic carbocycles. The van der Waals surface area contributed by atoms with Crippen LogP contribution in [0.3, 0.4) is 0 Å². The summed E-state index contributed by atoms with van der Waals surface area (Å²) in [5.41, 5.74) is 6.45. The quantitative estimate of drug-likeness (QED) is 0.923. The number of nitrogens with two attached hydrogens (primary N) is 1. The molecule has 1 heterocycles. The van der Waals surface area contributed by atoms with Crippen molar-refractivity contribution in [3.05, 3.63) is 35.9 Å². The fourth-order valence-electron chi connectivity index (χ4n) is 5.45. The van der Waals surface area contributed by atoms with Crippen LogP contribution in [0.25, 0.3) is 0 Å². The van der Waals surface area contributed by atoms with Crippen molar-refractivity contribution in [2.75, 3.05) is 13.1 Å². The van der Waals surface area contributed by atoms with Crippen LogP contribution in [0.2, 0.25) is 0 Å². The predicted molar refractivity (Wildman–Crippen MR) is 91.9 cm³/mol. The van der Waals surface area contributed by atoms with Gasteiger partial charge in [0.1, 0.15) is 0 Å². The molecule has 2 saturated carbocycles. The third kappa shape index (κ3) is 2.52. The summed E-state index contributed by atoms with van der Waals surface area (Å²) < 4.78 is 0. The number of hydrogen-bond donors (Lipinski definition) is 1. The van der Waals surface area contributed by atoms with E-state index in [1.807, 2.05) is 11.0 Å². The molecule has 4 rings (SSSR count). The number of fused-ring (bicyclic) bond motifs is 2. The molecule has 2 N–H and O–H groups in total. The molecule has 2 amide bonds. The molecule has 1 aromatic carbocycles. The monoisotopic (exact) mass is 326 g/mol. The van der Waals surface area contributed by atoms with Crippen LogP contribution in [-0.4, -0.2) is 29.8 Å². The molecule has 1 saturated heterocycles. The highest BCUT2D eigenvalue weighted by molar-refractivity contribution is 5.86. The SMILES string of the molecule is NC(=O)[C@H]1CCN(C(=O)[C@@]2(Cc3ccccc3)C[C@H]3CC[C@H]2C3)C1. The van der Waals surface area contributed by atoms with Crippen molar-refractivity contribution in [1.29, 1.82) is 0 Å². The minimum atomic E-state index is -0.268. The first kappa shape index (κ1) is 15.7. The molecule has 4 nitrogen and oxygen atoms in total. The summed E-state index contributed by atoms with van der Waals surface area (Å²) in [5.74, 6) is 1.05. The van der Waals surface area contributed by atoms with E-state index in [4.69, 9.17) is 5.73 Å². The zero-order chi connectivity index (χ0) is 16.7. The number of carbonyl (C=O) groups excluding carboxylic acids is 2. The van der Waals surface area contributed by atoms with E-state index < -0.39 is 0 Å². The number of hydrogen-bond acceptors (Lipinski definition) is 2. The van der Waals surface area contributed by atoms with Crippen LogP contribution in [0.15, 0.2) is 30.3 Å². The summed E-state index contributed by atoms with van der Waals surface area (Å²) >= 11 is 0. The molecule has 0 aromatic heterocycles. The van der Waals surface area contributed by atoms with Gasteiger partial charge in [-0.15, -0.1) is 0 Å². The van der Waals surface area contributed by atoms with Gasteiger partial charge < -0.3 is 10.6 Å². The lowest BCUT2D eigenvalue weighted by molar-refractivity contribution is -0.144. The molecule has 2 bridgehead atoms. The van der Waals surface area contributed by atoms with E-state index >= 15 is 0 Å². The Morgan fingerprint density at radius 3 is 2.54 bits per heavy atom. The average Bonchev–Trinajstić information content (AvgIpc) is 3.31. The molecule has 1 aromatic rings. The van der Waals surface area contributed by atoms with Gasteiger partial charge in [0.05, 0.1) is 11.3 Å². The van der Waals surface area contributed by atoms with E-state index in [2.05, 4.69) is 24.3 Å². The third-order valence-electron chi connectivity index (χ3n) is 6.64. The lowest BCUT2D eigenvalue weighted by Gasteiger charge is -2.39. The molecule has 3 fully saturated rings. The Balaban J connectivity index is 1.59. The molecule has 24 heavy (non-hydrogen) atoms. The van der Waals surface area contributed by atoms with E-state index in [1.165, 1.54) is 24.8 Å². The molecular weight excluding hydrogens is 300 g/mol. The molecule has 128 valence electrons. The molecule has 4 atom stereocenters. The van der Waals surface area contributed by atoms with Gasteiger partial charge in [-0.25, -0.2) is 0 Å². The van der Waals surface area contributed by atoms with Crippen LogP contribution in [0.4, 0.5) is 0 Å². The lowest BCUT2D eigenvalue weighted by atomic mass is 9.68. The second-order valence-electron chi connectivity index (χ2n) is 8.04. The summed E-state index contributed by atoms with van der Waals surface area (Å²) in [6, 6.07) is 10.4. The van der Waals surface area contributed by atoms with Gasteiger partial charge in [-0.3, -0.25) is 9.59 Å². The van der Waals surface area contributed by atoms with E-state index in [0.717, 1.165) is 19.3 Å². The Morgan fingerprint density at radius 2 is 1.96 bits per heavy atom. The fourth-order valence-corrected chi connectivity index (χ4v) is 5.45. The third-order valence-corrected chi connectivity index (χ3v) is 6.64. The molecule has 0 radical (unpaired) electrons. The number of rotatable bonds is 4. The zero-order valence-corrected chi connectivity index (χ0v) is 14.1. The molecule has 3 aliphatic rings.